The van der Waals surface area contributed by atoms with E-state index in [1.165, 1.54) is 16.2 Å². The van der Waals surface area contributed by atoms with Crippen LogP contribution in [-0.4, -0.2) is 58.8 Å². The molecule has 0 saturated carbocycles. The normalized spacial score (nSPS) is 20.1. The fraction of sp³-hybridized carbons (Fsp3) is 0.280. The number of aromatic nitrogens is 1. The summed E-state index contributed by atoms with van der Waals surface area (Å²) in [5, 5.41) is 3.65. The molecule has 0 spiro atoms. The van der Waals surface area contributed by atoms with Crippen LogP contribution in [0.1, 0.15) is 21.7 Å². The van der Waals surface area contributed by atoms with Crippen molar-refractivity contribution in [1.29, 1.82) is 0 Å². The highest BCUT2D eigenvalue weighted by Crippen LogP contribution is 2.30. The number of hydrogen-bond acceptors (Lipinski definition) is 6. The van der Waals surface area contributed by atoms with Crippen molar-refractivity contribution in [2.75, 3.05) is 13.2 Å². The predicted molar refractivity (Wildman–Crippen MR) is 134 cm³/mol. The Morgan fingerprint density at radius 3 is 2.83 bits per heavy atom. The third-order valence-electron chi connectivity index (χ3n) is 6.20. The minimum absolute atomic E-state index is 0.00917. The van der Waals surface area contributed by atoms with Crippen molar-refractivity contribution < 1.29 is 19.1 Å². The van der Waals surface area contributed by atoms with E-state index in [-0.39, 0.29) is 36.7 Å². The van der Waals surface area contributed by atoms with E-state index in [2.05, 4.69) is 10.3 Å². The van der Waals surface area contributed by atoms with Gasteiger partial charge in [0.05, 0.1) is 21.0 Å². The van der Waals surface area contributed by atoms with Crippen LogP contribution in [0.2, 0.25) is 10.0 Å². The van der Waals surface area contributed by atoms with Gasteiger partial charge in [-0.2, -0.15) is 0 Å². The van der Waals surface area contributed by atoms with E-state index in [9.17, 15) is 14.4 Å². The van der Waals surface area contributed by atoms with E-state index < -0.39 is 12.1 Å². The van der Waals surface area contributed by atoms with Gasteiger partial charge in [0.1, 0.15) is 18.7 Å². The first kappa shape index (κ1) is 23.9. The molecule has 2 aliphatic heterocycles. The van der Waals surface area contributed by atoms with Gasteiger partial charge in [0.2, 0.25) is 5.91 Å². The highest BCUT2D eigenvalue weighted by molar-refractivity contribution is 7.17. The monoisotopic (exact) mass is 529 g/mol. The second-order valence-corrected chi connectivity index (χ2v) is 10.4. The smallest absolute Gasteiger partial charge is 0.262 e. The zero-order valence-corrected chi connectivity index (χ0v) is 20.8. The number of thiophene rings is 1. The van der Waals surface area contributed by atoms with Gasteiger partial charge in [0, 0.05) is 35.8 Å². The average Bonchev–Trinajstić information content (AvgIpc) is 3.59. The molecule has 0 radical (unpaired) electrons. The zero-order chi connectivity index (χ0) is 24.5. The number of hydrogen-bond donors (Lipinski definition) is 1. The lowest BCUT2D eigenvalue weighted by atomic mass is 10.0. The van der Waals surface area contributed by atoms with Crippen LogP contribution in [0, 0.1) is 0 Å². The Hall–Kier alpha value is -2.78. The molecule has 10 heteroatoms. The number of pyridine rings is 1. The maximum absolute atomic E-state index is 13.6. The standard InChI is InChI=1S/C25H21Cl2N3O4S/c26-16-4-3-14(10-17(16)27)11-18(25(33)30-9-7-20-23(30)19(31)13-34-20)29-24(32)22-6-5-21(35-22)15-2-1-8-28-12-15/h1-6,8,10,12,18,20,23H,7,9,11,13H2,(H,29,32). The number of halogens is 2. The number of nitrogens with zero attached hydrogens (tertiary/aromatic N) is 2. The van der Waals surface area contributed by atoms with Gasteiger partial charge in [0.25, 0.3) is 5.91 Å². The molecule has 1 aromatic carbocycles. The largest absolute Gasteiger partial charge is 0.368 e. The van der Waals surface area contributed by atoms with Crippen molar-refractivity contribution in [3.8, 4) is 10.4 Å². The van der Waals surface area contributed by atoms with Crippen LogP contribution in [-0.2, 0) is 20.7 Å². The summed E-state index contributed by atoms with van der Waals surface area (Å²) in [5.41, 5.74) is 1.65. The summed E-state index contributed by atoms with van der Waals surface area (Å²) in [6.07, 6.45) is 3.93. The first-order valence-electron chi connectivity index (χ1n) is 11.1. The molecule has 1 N–H and O–H groups in total. The van der Waals surface area contributed by atoms with Crippen molar-refractivity contribution in [3.05, 3.63) is 75.3 Å². The topological polar surface area (TPSA) is 88.6 Å². The van der Waals surface area contributed by atoms with Crippen LogP contribution in [0.3, 0.4) is 0 Å². The van der Waals surface area contributed by atoms with Crippen molar-refractivity contribution in [3.63, 3.8) is 0 Å². The van der Waals surface area contributed by atoms with Gasteiger partial charge in [-0.3, -0.25) is 19.4 Å². The first-order valence-corrected chi connectivity index (χ1v) is 12.7. The lowest BCUT2D eigenvalue weighted by molar-refractivity contribution is -0.138. The zero-order valence-electron chi connectivity index (χ0n) is 18.4. The summed E-state index contributed by atoms with van der Waals surface area (Å²) in [7, 11) is 0. The third-order valence-corrected chi connectivity index (χ3v) is 8.07. The Balaban J connectivity index is 1.39. The van der Waals surface area contributed by atoms with Gasteiger partial charge in [0.15, 0.2) is 5.78 Å². The summed E-state index contributed by atoms with van der Waals surface area (Å²) < 4.78 is 5.53. The van der Waals surface area contributed by atoms with E-state index in [0.717, 1.165) is 16.0 Å². The third kappa shape index (κ3) is 4.97. The van der Waals surface area contributed by atoms with E-state index in [1.807, 2.05) is 18.2 Å². The quantitative estimate of drug-likeness (QED) is 0.520. The molecule has 5 rings (SSSR count). The average molecular weight is 530 g/mol. The number of likely N-dealkylation sites (tertiary alicyclic amines) is 1. The summed E-state index contributed by atoms with van der Waals surface area (Å²) in [5.74, 6) is -0.798. The maximum atomic E-state index is 13.6. The Kier molecular flexibility index (Phi) is 6.88. The predicted octanol–water partition coefficient (Wildman–Crippen LogP) is 4.03. The van der Waals surface area contributed by atoms with E-state index in [1.54, 1.807) is 36.7 Å². The molecule has 4 heterocycles. The molecule has 3 aromatic rings. The van der Waals surface area contributed by atoms with Crippen LogP contribution >= 0.6 is 34.5 Å². The van der Waals surface area contributed by atoms with Gasteiger partial charge in [-0.15, -0.1) is 11.3 Å². The van der Waals surface area contributed by atoms with Gasteiger partial charge in [-0.1, -0.05) is 35.3 Å². The second kappa shape index (κ2) is 10.1. The molecular weight excluding hydrogens is 509 g/mol. The number of amides is 2. The van der Waals surface area contributed by atoms with Gasteiger partial charge < -0.3 is 15.0 Å². The molecule has 2 aromatic heterocycles. The molecule has 2 fully saturated rings. The maximum Gasteiger partial charge on any atom is 0.262 e. The van der Waals surface area contributed by atoms with Crippen LogP contribution < -0.4 is 5.32 Å². The molecule has 35 heavy (non-hydrogen) atoms. The van der Waals surface area contributed by atoms with E-state index in [4.69, 9.17) is 27.9 Å². The summed E-state index contributed by atoms with van der Waals surface area (Å²) in [6.45, 7) is 0.410. The summed E-state index contributed by atoms with van der Waals surface area (Å²) in [4.78, 5) is 46.2. The Morgan fingerprint density at radius 2 is 2.06 bits per heavy atom. The van der Waals surface area contributed by atoms with Crippen LogP contribution in [0.4, 0.5) is 0 Å². The summed E-state index contributed by atoms with van der Waals surface area (Å²) >= 11 is 13.5. The van der Waals surface area contributed by atoms with Crippen molar-refractivity contribution in [2.45, 2.75) is 31.0 Å². The minimum atomic E-state index is -0.893. The fourth-order valence-corrected chi connectivity index (χ4v) is 5.72. The molecule has 0 aliphatic carbocycles. The highest BCUT2D eigenvalue weighted by Gasteiger charge is 2.48. The van der Waals surface area contributed by atoms with Gasteiger partial charge in [-0.25, -0.2) is 0 Å². The number of benzene rings is 1. The van der Waals surface area contributed by atoms with Gasteiger partial charge >= 0.3 is 0 Å². The van der Waals surface area contributed by atoms with Crippen LogP contribution in [0.15, 0.2) is 54.9 Å². The van der Waals surface area contributed by atoms with Crippen LogP contribution in [0.25, 0.3) is 10.4 Å². The molecule has 2 aliphatic rings. The number of nitrogens with one attached hydrogen (secondary N) is 1. The first-order chi connectivity index (χ1) is 16.9. The Labute approximate surface area is 216 Å². The molecule has 3 unspecified atom stereocenters. The molecule has 3 atom stereocenters. The fourth-order valence-electron chi connectivity index (χ4n) is 4.50. The molecule has 2 amide bonds. The molecule has 180 valence electrons. The number of carbonyl (C=O) groups is 3. The molecule has 7 nitrogen and oxygen atoms in total. The van der Waals surface area contributed by atoms with E-state index >= 15 is 0 Å². The number of ketones is 1. The van der Waals surface area contributed by atoms with Crippen molar-refractivity contribution >= 4 is 52.1 Å². The number of carbonyl (C=O) groups excluding carboxylic acids is 3. The van der Waals surface area contributed by atoms with Crippen molar-refractivity contribution in [1.82, 2.24) is 15.2 Å². The highest BCUT2D eigenvalue weighted by atomic mass is 35.5. The lowest BCUT2D eigenvalue weighted by Crippen LogP contribution is -2.53. The molecular formula is C25H21Cl2N3O4S. The molecule has 0 bridgehead atoms. The lowest BCUT2D eigenvalue weighted by Gasteiger charge is -2.27. The number of rotatable bonds is 6. The van der Waals surface area contributed by atoms with Gasteiger partial charge in [-0.05, 0) is 42.3 Å². The van der Waals surface area contributed by atoms with Crippen LogP contribution in [0.5, 0.6) is 0 Å². The number of Topliss-reactive ketones (excluding diaryl/α,β-unsaturated/α-hetero) is 1. The summed E-state index contributed by atoms with van der Waals surface area (Å²) in [6, 6.07) is 10.9. The molecule has 2 saturated heterocycles. The second-order valence-electron chi connectivity index (χ2n) is 8.47. The Bertz CT molecular complexity index is 1280. The Morgan fingerprint density at radius 1 is 1.20 bits per heavy atom. The van der Waals surface area contributed by atoms with E-state index in [0.29, 0.717) is 27.9 Å². The number of fused-ring (bicyclic) bond motifs is 1. The number of ether oxygens (including phenoxy) is 1. The SMILES string of the molecule is O=C(NC(Cc1ccc(Cl)c(Cl)c1)C(=O)N1CCC2OCC(=O)C21)c1ccc(-c2cccnc2)s1. The minimum Gasteiger partial charge on any atom is -0.368 e. The van der Waals surface area contributed by atoms with Crippen molar-refractivity contribution in [2.24, 2.45) is 0 Å².